The molecule has 2 amide bonds. The third kappa shape index (κ3) is 2.76. The van der Waals surface area contributed by atoms with Crippen LogP contribution in [0.25, 0.3) is 0 Å². The van der Waals surface area contributed by atoms with E-state index in [1.54, 1.807) is 30.5 Å². The molecule has 0 N–H and O–H groups in total. The molecule has 0 aliphatic carbocycles. The molecule has 1 fully saturated rings. The summed E-state index contributed by atoms with van der Waals surface area (Å²) in [6, 6.07) is 8.82. The van der Waals surface area contributed by atoms with Gasteiger partial charge in [-0.05, 0) is 30.5 Å². The number of hydrogen-bond acceptors (Lipinski definition) is 5. The van der Waals surface area contributed by atoms with Gasteiger partial charge in [-0.2, -0.15) is 0 Å². The summed E-state index contributed by atoms with van der Waals surface area (Å²) in [7, 11) is 0. The van der Waals surface area contributed by atoms with Gasteiger partial charge in [0, 0.05) is 43.5 Å². The van der Waals surface area contributed by atoms with Crippen LogP contribution in [0, 0.1) is 5.92 Å². The quantitative estimate of drug-likeness (QED) is 0.762. The van der Waals surface area contributed by atoms with Crippen molar-refractivity contribution < 1.29 is 14.3 Å². The third-order valence-electron chi connectivity index (χ3n) is 5.78. The van der Waals surface area contributed by atoms with Crippen molar-refractivity contribution in [2.45, 2.75) is 18.9 Å². The van der Waals surface area contributed by atoms with Gasteiger partial charge in [-0.25, -0.2) is 4.98 Å². The first kappa shape index (κ1) is 17.0. The zero-order valence-corrected chi connectivity index (χ0v) is 15.3. The standard InChI is InChI=1S/C20H20N4O4/c25-17-5-1-3-15-14-7-13(9-23(15)17)8-22(10-14)18(26)11-24-19(27)12-28-16-4-2-6-21-20(16)24/h1-6,13-14H,7-12H2/t13-,14+/m0/s1. The fourth-order valence-electron chi connectivity index (χ4n) is 4.53. The van der Waals surface area contributed by atoms with Crippen molar-refractivity contribution in [1.29, 1.82) is 0 Å². The lowest BCUT2D eigenvalue weighted by Crippen LogP contribution is -2.53. The second-order valence-corrected chi connectivity index (χ2v) is 7.59. The van der Waals surface area contributed by atoms with E-state index in [0.717, 1.165) is 12.1 Å². The molecule has 28 heavy (non-hydrogen) atoms. The zero-order chi connectivity index (χ0) is 19.3. The fourth-order valence-corrected chi connectivity index (χ4v) is 4.53. The SMILES string of the molecule is O=C(CN1C(=O)COc2cccnc21)N1C[C@@H]2C[C@H](C1)c1cccc(=O)n1C2. The topological polar surface area (TPSA) is 84.7 Å². The summed E-state index contributed by atoms with van der Waals surface area (Å²) < 4.78 is 7.23. The number of aromatic nitrogens is 2. The van der Waals surface area contributed by atoms with Crippen LogP contribution in [0.5, 0.6) is 5.75 Å². The van der Waals surface area contributed by atoms with E-state index in [4.69, 9.17) is 4.74 Å². The van der Waals surface area contributed by atoms with Crippen molar-refractivity contribution in [2.24, 2.45) is 5.92 Å². The fraction of sp³-hybridized carbons (Fsp3) is 0.400. The number of nitrogens with zero attached hydrogens (tertiary/aromatic N) is 4. The van der Waals surface area contributed by atoms with Crippen molar-refractivity contribution >= 4 is 17.6 Å². The van der Waals surface area contributed by atoms with E-state index in [-0.39, 0.29) is 42.4 Å². The Morgan fingerprint density at radius 1 is 1.14 bits per heavy atom. The lowest BCUT2D eigenvalue weighted by Gasteiger charge is -2.43. The van der Waals surface area contributed by atoms with Crippen LogP contribution in [0.15, 0.2) is 41.3 Å². The summed E-state index contributed by atoms with van der Waals surface area (Å²) in [4.78, 5) is 44.9. The number of piperidine rings is 1. The van der Waals surface area contributed by atoms with Gasteiger partial charge in [0.25, 0.3) is 11.5 Å². The maximum absolute atomic E-state index is 13.0. The summed E-state index contributed by atoms with van der Waals surface area (Å²) in [6.45, 7) is 1.66. The van der Waals surface area contributed by atoms with E-state index in [1.165, 1.54) is 4.90 Å². The largest absolute Gasteiger partial charge is 0.480 e. The van der Waals surface area contributed by atoms with Crippen LogP contribution in [-0.2, 0) is 16.1 Å². The average Bonchev–Trinajstić information content (AvgIpc) is 2.71. The molecule has 2 aromatic heterocycles. The zero-order valence-electron chi connectivity index (χ0n) is 15.3. The average molecular weight is 380 g/mol. The Bertz CT molecular complexity index is 1020. The normalized spacial score (nSPS) is 22.9. The highest BCUT2D eigenvalue weighted by molar-refractivity contribution is 6.01. The van der Waals surface area contributed by atoms with E-state index in [9.17, 15) is 14.4 Å². The van der Waals surface area contributed by atoms with E-state index < -0.39 is 0 Å². The number of carbonyl (C=O) groups is 2. The highest BCUT2D eigenvalue weighted by Crippen LogP contribution is 2.35. The van der Waals surface area contributed by atoms with Crippen LogP contribution < -0.4 is 15.2 Å². The van der Waals surface area contributed by atoms with Crippen molar-refractivity contribution in [2.75, 3.05) is 31.1 Å². The molecule has 2 aromatic rings. The van der Waals surface area contributed by atoms with Crippen LogP contribution >= 0.6 is 0 Å². The van der Waals surface area contributed by atoms with Gasteiger partial charge < -0.3 is 14.2 Å². The molecule has 0 radical (unpaired) electrons. The molecule has 8 nitrogen and oxygen atoms in total. The Morgan fingerprint density at radius 2 is 2.04 bits per heavy atom. The van der Waals surface area contributed by atoms with Crippen molar-refractivity contribution in [3.8, 4) is 5.75 Å². The third-order valence-corrected chi connectivity index (χ3v) is 5.78. The summed E-state index contributed by atoms with van der Waals surface area (Å²) >= 11 is 0. The van der Waals surface area contributed by atoms with E-state index in [0.29, 0.717) is 31.2 Å². The molecule has 1 saturated heterocycles. The van der Waals surface area contributed by atoms with Gasteiger partial charge >= 0.3 is 0 Å². The number of pyridine rings is 2. The van der Waals surface area contributed by atoms with E-state index >= 15 is 0 Å². The van der Waals surface area contributed by atoms with Gasteiger partial charge in [-0.15, -0.1) is 0 Å². The summed E-state index contributed by atoms with van der Waals surface area (Å²) in [5.74, 6) is 0.930. The van der Waals surface area contributed by atoms with Crippen molar-refractivity contribution in [3.63, 3.8) is 0 Å². The van der Waals surface area contributed by atoms with Crippen LogP contribution in [0.2, 0.25) is 0 Å². The van der Waals surface area contributed by atoms with Gasteiger partial charge in [-0.1, -0.05) is 6.07 Å². The van der Waals surface area contributed by atoms with E-state index in [2.05, 4.69) is 4.98 Å². The van der Waals surface area contributed by atoms with Crippen LogP contribution in [0.1, 0.15) is 18.0 Å². The minimum Gasteiger partial charge on any atom is -0.480 e. The Morgan fingerprint density at radius 3 is 2.93 bits per heavy atom. The van der Waals surface area contributed by atoms with Gasteiger partial charge in [0.1, 0.15) is 6.54 Å². The molecule has 8 heteroatoms. The molecule has 0 spiro atoms. The molecule has 3 aliphatic heterocycles. The number of amides is 2. The van der Waals surface area contributed by atoms with Crippen LogP contribution in [0.4, 0.5) is 5.82 Å². The van der Waals surface area contributed by atoms with Crippen molar-refractivity contribution in [1.82, 2.24) is 14.5 Å². The van der Waals surface area contributed by atoms with Crippen molar-refractivity contribution in [3.05, 3.63) is 52.6 Å². The number of ether oxygens (including phenoxy) is 1. The molecular weight excluding hydrogens is 360 g/mol. The predicted octanol–water partition coefficient (Wildman–Crippen LogP) is 0.615. The highest BCUT2D eigenvalue weighted by Gasteiger charge is 2.37. The van der Waals surface area contributed by atoms with Gasteiger partial charge in [-0.3, -0.25) is 19.3 Å². The summed E-state index contributed by atoms with van der Waals surface area (Å²) in [6.07, 6.45) is 2.56. The predicted molar refractivity (Wildman–Crippen MR) is 100 cm³/mol. The number of anilines is 1. The second-order valence-electron chi connectivity index (χ2n) is 7.59. The Kier molecular flexibility index (Phi) is 3.92. The Balaban J connectivity index is 1.36. The number of fused-ring (bicyclic) bond motifs is 5. The molecule has 0 saturated carbocycles. The molecule has 2 bridgehead atoms. The first-order valence-corrected chi connectivity index (χ1v) is 9.46. The molecule has 2 atom stereocenters. The first-order chi connectivity index (χ1) is 13.6. The van der Waals surface area contributed by atoms with E-state index in [1.807, 2.05) is 15.5 Å². The molecule has 0 unspecified atom stereocenters. The van der Waals surface area contributed by atoms with Crippen LogP contribution in [0.3, 0.4) is 0 Å². The smallest absolute Gasteiger partial charge is 0.266 e. The van der Waals surface area contributed by atoms with Gasteiger partial charge in [0.05, 0.1) is 0 Å². The molecule has 0 aromatic carbocycles. The first-order valence-electron chi connectivity index (χ1n) is 9.46. The highest BCUT2D eigenvalue weighted by atomic mass is 16.5. The maximum atomic E-state index is 13.0. The molecule has 3 aliphatic rings. The van der Waals surface area contributed by atoms with Gasteiger partial charge in [0.2, 0.25) is 5.91 Å². The molecular formula is C20H20N4O4. The number of rotatable bonds is 2. The molecule has 5 rings (SSSR count). The summed E-state index contributed by atoms with van der Waals surface area (Å²) in [5.41, 5.74) is 1.02. The lowest BCUT2D eigenvalue weighted by molar-refractivity contribution is -0.134. The molecule has 5 heterocycles. The number of carbonyl (C=O) groups excluding carboxylic acids is 2. The van der Waals surface area contributed by atoms with Gasteiger partial charge in [0.15, 0.2) is 18.2 Å². The Labute approximate surface area is 161 Å². The number of hydrogen-bond donors (Lipinski definition) is 0. The minimum absolute atomic E-state index is 0.0218. The molecule has 144 valence electrons. The monoisotopic (exact) mass is 380 g/mol. The summed E-state index contributed by atoms with van der Waals surface area (Å²) in [5, 5.41) is 0. The Hall–Kier alpha value is -3.16. The maximum Gasteiger partial charge on any atom is 0.266 e. The lowest BCUT2D eigenvalue weighted by atomic mass is 9.83. The number of likely N-dealkylation sites (tertiary alicyclic amines) is 1. The second kappa shape index (κ2) is 6.47. The minimum atomic E-state index is -0.270. The van der Waals surface area contributed by atoms with Crippen LogP contribution in [-0.4, -0.2) is 52.5 Å².